The number of hydrogen-bond donors (Lipinski definition) is 1. The van der Waals surface area contributed by atoms with E-state index in [1.54, 1.807) is 6.08 Å². The lowest BCUT2D eigenvalue weighted by Gasteiger charge is -2.16. The Hall–Kier alpha value is -3.43. The predicted molar refractivity (Wildman–Crippen MR) is 120 cm³/mol. The van der Waals surface area contributed by atoms with Crippen LogP contribution in [-0.2, 0) is 9.63 Å². The molecule has 0 aliphatic heterocycles. The maximum absolute atomic E-state index is 11.5. The molecular formula is C26H25NO2. The van der Waals surface area contributed by atoms with Crippen molar-refractivity contribution in [1.29, 1.82) is 0 Å². The van der Waals surface area contributed by atoms with Gasteiger partial charge in [-0.15, -0.1) is 0 Å². The topological polar surface area (TPSA) is 38.3 Å². The van der Waals surface area contributed by atoms with Gasteiger partial charge in [0.25, 0.3) is 5.91 Å². The SMILES string of the molecule is CCC(=C(c1ccccc1)c1ccc(C=CC(=O)NOC)cc1)c1ccccc1. The van der Waals surface area contributed by atoms with E-state index in [9.17, 15) is 4.79 Å². The van der Waals surface area contributed by atoms with Crippen molar-refractivity contribution >= 4 is 23.1 Å². The number of amides is 1. The smallest absolute Gasteiger partial charge is 0.267 e. The molecule has 1 N–H and O–H groups in total. The second-order valence-electron chi connectivity index (χ2n) is 6.56. The number of benzene rings is 3. The summed E-state index contributed by atoms with van der Waals surface area (Å²) in [6, 6.07) is 29.2. The molecule has 29 heavy (non-hydrogen) atoms. The van der Waals surface area contributed by atoms with Gasteiger partial charge in [-0.05, 0) is 45.9 Å². The van der Waals surface area contributed by atoms with Crippen LogP contribution in [0, 0.1) is 0 Å². The van der Waals surface area contributed by atoms with Gasteiger partial charge in [-0.2, -0.15) is 0 Å². The molecule has 0 aliphatic carbocycles. The van der Waals surface area contributed by atoms with Crippen molar-refractivity contribution in [2.75, 3.05) is 7.11 Å². The second kappa shape index (κ2) is 10.2. The molecule has 146 valence electrons. The molecule has 3 heteroatoms. The summed E-state index contributed by atoms with van der Waals surface area (Å²) >= 11 is 0. The molecular weight excluding hydrogens is 358 g/mol. The number of carbonyl (C=O) groups is 1. The fraction of sp³-hybridized carbons (Fsp3) is 0.115. The van der Waals surface area contributed by atoms with Gasteiger partial charge in [0.1, 0.15) is 0 Å². The predicted octanol–water partition coefficient (Wildman–Crippen LogP) is 5.75. The van der Waals surface area contributed by atoms with E-state index in [0.29, 0.717) is 0 Å². The summed E-state index contributed by atoms with van der Waals surface area (Å²) < 4.78 is 0. The van der Waals surface area contributed by atoms with Crippen LogP contribution in [0.2, 0.25) is 0 Å². The highest BCUT2D eigenvalue weighted by Gasteiger charge is 2.12. The molecule has 3 aromatic carbocycles. The molecule has 3 nitrogen and oxygen atoms in total. The summed E-state index contributed by atoms with van der Waals surface area (Å²) in [7, 11) is 1.41. The van der Waals surface area contributed by atoms with Gasteiger partial charge in [-0.1, -0.05) is 91.9 Å². The van der Waals surface area contributed by atoms with E-state index in [1.807, 2.05) is 24.3 Å². The van der Waals surface area contributed by atoms with E-state index in [-0.39, 0.29) is 5.91 Å². The van der Waals surface area contributed by atoms with Crippen molar-refractivity contribution in [3.8, 4) is 0 Å². The molecule has 0 unspecified atom stereocenters. The first-order valence-corrected chi connectivity index (χ1v) is 9.68. The average Bonchev–Trinajstić information content (AvgIpc) is 2.78. The summed E-state index contributed by atoms with van der Waals surface area (Å²) in [4.78, 5) is 16.1. The zero-order chi connectivity index (χ0) is 20.5. The Morgan fingerprint density at radius 2 is 1.38 bits per heavy atom. The van der Waals surface area contributed by atoms with Gasteiger partial charge in [0.05, 0.1) is 7.11 Å². The lowest BCUT2D eigenvalue weighted by molar-refractivity contribution is -0.126. The minimum Gasteiger partial charge on any atom is -0.277 e. The Kier molecular flexibility index (Phi) is 7.15. The normalized spacial score (nSPS) is 11.9. The number of carbonyl (C=O) groups excluding carboxylic acids is 1. The van der Waals surface area contributed by atoms with Crippen LogP contribution in [0.25, 0.3) is 17.2 Å². The van der Waals surface area contributed by atoms with Crippen LogP contribution in [-0.4, -0.2) is 13.0 Å². The van der Waals surface area contributed by atoms with Crippen LogP contribution < -0.4 is 5.48 Å². The van der Waals surface area contributed by atoms with Crippen molar-refractivity contribution < 1.29 is 9.63 Å². The maximum atomic E-state index is 11.5. The summed E-state index contributed by atoms with van der Waals surface area (Å²) in [6.45, 7) is 2.19. The summed E-state index contributed by atoms with van der Waals surface area (Å²) in [5.41, 5.74) is 9.33. The van der Waals surface area contributed by atoms with Crippen LogP contribution in [0.3, 0.4) is 0 Å². The zero-order valence-corrected chi connectivity index (χ0v) is 16.8. The van der Waals surface area contributed by atoms with Gasteiger partial charge >= 0.3 is 0 Å². The van der Waals surface area contributed by atoms with E-state index in [2.05, 4.69) is 77.9 Å². The molecule has 0 heterocycles. The first kappa shape index (κ1) is 20.3. The first-order valence-electron chi connectivity index (χ1n) is 9.68. The molecule has 0 bridgehead atoms. The van der Waals surface area contributed by atoms with Crippen molar-refractivity contribution in [1.82, 2.24) is 5.48 Å². The van der Waals surface area contributed by atoms with Crippen molar-refractivity contribution in [2.24, 2.45) is 0 Å². The minimum absolute atomic E-state index is 0.293. The number of rotatable bonds is 7. The maximum Gasteiger partial charge on any atom is 0.267 e. The summed E-state index contributed by atoms with van der Waals surface area (Å²) in [6.07, 6.45) is 4.14. The molecule has 3 aromatic rings. The Bertz CT molecular complexity index is 988. The molecule has 0 aliphatic rings. The molecule has 0 spiro atoms. The number of hydrogen-bond acceptors (Lipinski definition) is 2. The first-order chi connectivity index (χ1) is 14.2. The van der Waals surface area contributed by atoms with Crippen LogP contribution in [0.15, 0.2) is 91.0 Å². The molecule has 0 saturated carbocycles. The molecule has 1 amide bonds. The largest absolute Gasteiger partial charge is 0.277 e. The van der Waals surface area contributed by atoms with Crippen LogP contribution in [0.4, 0.5) is 0 Å². The average molecular weight is 383 g/mol. The van der Waals surface area contributed by atoms with Crippen molar-refractivity contribution in [3.63, 3.8) is 0 Å². The Morgan fingerprint density at radius 3 is 1.93 bits per heavy atom. The zero-order valence-electron chi connectivity index (χ0n) is 16.8. The van der Waals surface area contributed by atoms with Crippen LogP contribution in [0.5, 0.6) is 0 Å². The highest BCUT2D eigenvalue weighted by molar-refractivity contribution is 5.98. The van der Waals surface area contributed by atoms with E-state index in [1.165, 1.54) is 35.5 Å². The van der Waals surface area contributed by atoms with Crippen molar-refractivity contribution in [2.45, 2.75) is 13.3 Å². The summed E-state index contributed by atoms with van der Waals surface area (Å²) in [5, 5.41) is 0. The highest BCUT2D eigenvalue weighted by Crippen LogP contribution is 2.34. The monoisotopic (exact) mass is 383 g/mol. The van der Waals surface area contributed by atoms with Gasteiger partial charge < -0.3 is 0 Å². The van der Waals surface area contributed by atoms with Crippen LogP contribution in [0.1, 0.15) is 35.6 Å². The highest BCUT2D eigenvalue weighted by atomic mass is 16.6. The minimum atomic E-state index is -0.293. The quantitative estimate of drug-likeness (QED) is 0.321. The van der Waals surface area contributed by atoms with Crippen LogP contribution >= 0.6 is 0 Å². The standard InChI is InChI=1S/C26H25NO2/c1-3-24(21-10-6-4-7-11-21)26(22-12-8-5-9-13-22)23-17-14-20(15-18-23)16-19-25(28)27-29-2/h4-19H,3H2,1-2H3,(H,27,28). The van der Waals surface area contributed by atoms with Gasteiger partial charge in [-0.25, -0.2) is 5.48 Å². The molecule has 3 rings (SSSR count). The van der Waals surface area contributed by atoms with E-state index in [4.69, 9.17) is 0 Å². The fourth-order valence-corrected chi connectivity index (χ4v) is 3.35. The van der Waals surface area contributed by atoms with Gasteiger partial charge in [0, 0.05) is 6.08 Å². The number of allylic oxidation sites excluding steroid dienone is 1. The Balaban J connectivity index is 2.04. The second-order valence-corrected chi connectivity index (χ2v) is 6.56. The van der Waals surface area contributed by atoms with Gasteiger partial charge in [-0.3, -0.25) is 9.63 Å². The van der Waals surface area contributed by atoms with Crippen molar-refractivity contribution in [3.05, 3.63) is 113 Å². The third-order valence-electron chi connectivity index (χ3n) is 4.67. The third-order valence-corrected chi connectivity index (χ3v) is 4.67. The molecule has 0 atom stereocenters. The molecule has 0 saturated heterocycles. The lowest BCUT2D eigenvalue weighted by atomic mass is 9.88. The van der Waals surface area contributed by atoms with Gasteiger partial charge in [0.15, 0.2) is 0 Å². The Labute approximate surface area is 172 Å². The van der Waals surface area contributed by atoms with E-state index in [0.717, 1.165) is 17.5 Å². The van der Waals surface area contributed by atoms with E-state index >= 15 is 0 Å². The molecule has 0 aromatic heterocycles. The molecule has 0 fully saturated rings. The number of nitrogens with one attached hydrogen (secondary N) is 1. The Morgan fingerprint density at radius 1 is 0.828 bits per heavy atom. The lowest BCUT2D eigenvalue weighted by Crippen LogP contribution is -2.18. The van der Waals surface area contributed by atoms with E-state index < -0.39 is 0 Å². The van der Waals surface area contributed by atoms with Gasteiger partial charge in [0.2, 0.25) is 0 Å². The number of hydroxylamine groups is 1. The fourth-order valence-electron chi connectivity index (χ4n) is 3.35. The molecule has 0 radical (unpaired) electrons. The summed E-state index contributed by atoms with van der Waals surface area (Å²) in [5.74, 6) is -0.293. The third kappa shape index (κ3) is 5.31.